The molecule has 2 amide bonds. The van der Waals surface area contributed by atoms with E-state index in [-0.39, 0.29) is 11.8 Å². The summed E-state index contributed by atoms with van der Waals surface area (Å²) < 4.78 is 5.14. The van der Waals surface area contributed by atoms with Crippen LogP contribution in [0.25, 0.3) is 0 Å². The fourth-order valence-electron chi connectivity index (χ4n) is 2.71. The van der Waals surface area contributed by atoms with Crippen LogP contribution in [0.4, 0.5) is 0 Å². The van der Waals surface area contributed by atoms with Crippen LogP contribution in [0.1, 0.15) is 12.5 Å². The number of nitrogens with two attached hydrogens (primary N) is 1. The van der Waals surface area contributed by atoms with Gasteiger partial charge in [0, 0.05) is 33.1 Å². The molecule has 1 aromatic rings. The van der Waals surface area contributed by atoms with Gasteiger partial charge in [-0.25, -0.2) is 0 Å². The summed E-state index contributed by atoms with van der Waals surface area (Å²) >= 11 is 0. The second-order valence-corrected chi connectivity index (χ2v) is 5.52. The zero-order chi connectivity index (χ0) is 16.1. The molecule has 0 aliphatic carbocycles. The fraction of sp³-hybridized carbons (Fsp3) is 0.500. The predicted molar refractivity (Wildman–Crippen MR) is 83.5 cm³/mol. The zero-order valence-corrected chi connectivity index (χ0v) is 13.1. The molecule has 1 aromatic carbocycles. The Morgan fingerprint density at radius 2 is 1.95 bits per heavy atom. The van der Waals surface area contributed by atoms with Gasteiger partial charge in [0.25, 0.3) is 0 Å². The van der Waals surface area contributed by atoms with E-state index in [0.717, 1.165) is 18.7 Å². The van der Waals surface area contributed by atoms with Gasteiger partial charge in [0.05, 0.1) is 7.11 Å². The van der Waals surface area contributed by atoms with Crippen LogP contribution in [0.3, 0.4) is 0 Å². The second-order valence-electron chi connectivity index (χ2n) is 5.52. The molecule has 1 aliphatic rings. The molecule has 6 nitrogen and oxygen atoms in total. The SMILES string of the molecule is COc1ccc(CCN2CCN(C(C)=O)CC2C(N)=O)cc1. The molecule has 0 radical (unpaired) electrons. The molecule has 1 heterocycles. The minimum absolute atomic E-state index is 0.0129. The van der Waals surface area contributed by atoms with Gasteiger partial charge in [-0.3, -0.25) is 14.5 Å². The van der Waals surface area contributed by atoms with E-state index >= 15 is 0 Å². The van der Waals surface area contributed by atoms with Crippen LogP contribution in [-0.2, 0) is 16.0 Å². The number of methoxy groups -OCH3 is 1. The van der Waals surface area contributed by atoms with Crippen LogP contribution in [0.2, 0.25) is 0 Å². The number of carbonyl (C=O) groups is 2. The highest BCUT2D eigenvalue weighted by atomic mass is 16.5. The van der Waals surface area contributed by atoms with E-state index in [9.17, 15) is 9.59 Å². The van der Waals surface area contributed by atoms with Crippen molar-refractivity contribution >= 4 is 11.8 Å². The third kappa shape index (κ3) is 3.98. The van der Waals surface area contributed by atoms with Crippen LogP contribution >= 0.6 is 0 Å². The Labute approximate surface area is 130 Å². The van der Waals surface area contributed by atoms with Gasteiger partial charge >= 0.3 is 0 Å². The molecule has 1 fully saturated rings. The molecule has 0 bridgehead atoms. The maximum atomic E-state index is 11.7. The minimum Gasteiger partial charge on any atom is -0.497 e. The van der Waals surface area contributed by atoms with Gasteiger partial charge in [-0.1, -0.05) is 12.1 Å². The van der Waals surface area contributed by atoms with Gasteiger partial charge in [-0.15, -0.1) is 0 Å². The summed E-state index contributed by atoms with van der Waals surface area (Å²) in [6.45, 7) is 3.95. The number of benzene rings is 1. The molecule has 0 aromatic heterocycles. The molecular weight excluding hydrogens is 282 g/mol. The molecule has 120 valence electrons. The lowest BCUT2D eigenvalue weighted by molar-refractivity contribution is -0.135. The quantitative estimate of drug-likeness (QED) is 0.846. The lowest BCUT2D eigenvalue weighted by Gasteiger charge is -2.39. The molecule has 1 saturated heterocycles. The van der Waals surface area contributed by atoms with E-state index in [1.807, 2.05) is 24.3 Å². The van der Waals surface area contributed by atoms with E-state index in [1.54, 1.807) is 12.0 Å². The Bertz CT molecular complexity index is 530. The Kier molecular flexibility index (Phi) is 5.38. The molecule has 22 heavy (non-hydrogen) atoms. The van der Waals surface area contributed by atoms with Crippen LogP contribution < -0.4 is 10.5 Å². The van der Waals surface area contributed by atoms with Gasteiger partial charge < -0.3 is 15.4 Å². The topological polar surface area (TPSA) is 75.9 Å². The standard InChI is InChI=1S/C16H23N3O3/c1-12(20)19-10-9-18(15(11-19)16(17)21)8-7-13-3-5-14(22-2)6-4-13/h3-6,15H,7-11H2,1-2H3,(H2,17,21). The largest absolute Gasteiger partial charge is 0.497 e. The van der Waals surface area contributed by atoms with Crippen LogP contribution in [0, 0.1) is 0 Å². The van der Waals surface area contributed by atoms with Crippen molar-refractivity contribution < 1.29 is 14.3 Å². The lowest BCUT2D eigenvalue weighted by atomic mass is 10.1. The number of rotatable bonds is 5. The highest BCUT2D eigenvalue weighted by Crippen LogP contribution is 2.14. The Balaban J connectivity index is 1.95. The van der Waals surface area contributed by atoms with Crippen molar-refractivity contribution in [1.82, 2.24) is 9.80 Å². The summed E-state index contributed by atoms with van der Waals surface area (Å²) in [5.74, 6) is 0.440. The van der Waals surface area contributed by atoms with Crippen molar-refractivity contribution in [3.63, 3.8) is 0 Å². The van der Waals surface area contributed by atoms with E-state index in [4.69, 9.17) is 10.5 Å². The summed E-state index contributed by atoms with van der Waals surface area (Å²) in [7, 11) is 1.64. The van der Waals surface area contributed by atoms with Crippen LogP contribution in [0.5, 0.6) is 5.75 Å². The number of nitrogens with zero attached hydrogens (tertiary/aromatic N) is 2. The smallest absolute Gasteiger partial charge is 0.236 e. The van der Waals surface area contributed by atoms with E-state index < -0.39 is 6.04 Å². The molecule has 2 N–H and O–H groups in total. The van der Waals surface area contributed by atoms with E-state index in [1.165, 1.54) is 12.5 Å². The summed E-state index contributed by atoms with van der Waals surface area (Å²) in [5.41, 5.74) is 6.67. The normalized spacial score (nSPS) is 19.0. The summed E-state index contributed by atoms with van der Waals surface area (Å²) in [4.78, 5) is 26.9. The highest BCUT2D eigenvalue weighted by molar-refractivity contribution is 5.82. The summed E-state index contributed by atoms with van der Waals surface area (Å²) in [6, 6.07) is 7.48. The number of primary amides is 1. The third-order valence-electron chi connectivity index (χ3n) is 4.11. The van der Waals surface area contributed by atoms with Gasteiger partial charge in [-0.05, 0) is 24.1 Å². The first kappa shape index (κ1) is 16.3. The second kappa shape index (κ2) is 7.26. The zero-order valence-electron chi connectivity index (χ0n) is 13.1. The number of amides is 2. The Morgan fingerprint density at radius 1 is 1.27 bits per heavy atom. The molecule has 1 atom stereocenters. The van der Waals surface area contributed by atoms with Gasteiger partial charge in [0.2, 0.25) is 11.8 Å². The third-order valence-corrected chi connectivity index (χ3v) is 4.11. The average Bonchev–Trinajstić information content (AvgIpc) is 2.53. The van der Waals surface area contributed by atoms with E-state index in [0.29, 0.717) is 19.6 Å². The molecule has 2 rings (SSSR count). The molecule has 1 aliphatic heterocycles. The summed E-state index contributed by atoms with van der Waals surface area (Å²) in [6.07, 6.45) is 0.827. The van der Waals surface area contributed by atoms with Crippen LogP contribution in [-0.4, -0.2) is 60.9 Å². The maximum absolute atomic E-state index is 11.7. The fourth-order valence-corrected chi connectivity index (χ4v) is 2.71. The predicted octanol–water partition coefficient (Wildman–Crippen LogP) is 0.256. The molecule has 1 unspecified atom stereocenters. The average molecular weight is 305 g/mol. The van der Waals surface area contributed by atoms with Gasteiger partial charge in [0.15, 0.2) is 0 Å². The minimum atomic E-state index is -0.407. The van der Waals surface area contributed by atoms with Crippen molar-refractivity contribution in [3.8, 4) is 5.75 Å². The van der Waals surface area contributed by atoms with Gasteiger partial charge in [0.1, 0.15) is 11.8 Å². The highest BCUT2D eigenvalue weighted by Gasteiger charge is 2.31. The first-order valence-corrected chi connectivity index (χ1v) is 7.43. The number of piperazine rings is 1. The van der Waals surface area contributed by atoms with Crippen molar-refractivity contribution in [3.05, 3.63) is 29.8 Å². The summed E-state index contributed by atoms with van der Waals surface area (Å²) in [5, 5.41) is 0. The molecule has 0 spiro atoms. The Morgan fingerprint density at radius 3 is 2.50 bits per heavy atom. The van der Waals surface area contributed by atoms with E-state index in [2.05, 4.69) is 4.90 Å². The van der Waals surface area contributed by atoms with Crippen LogP contribution in [0.15, 0.2) is 24.3 Å². The number of carbonyl (C=O) groups excluding carboxylic acids is 2. The molecular formula is C16H23N3O3. The van der Waals surface area contributed by atoms with Crippen molar-refractivity contribution in [2.24, 2.45) is 5.73 Å². The first-order chi connectivity index (χ1) is 10.5. The maximum Gasteiger partial charge on any atom is 0.236 e. The van der Waals surface area contributed by atoms with Gasteiger partial charge in [-0.2, -0.15) is 0 Å². The molecule has 6 heteroatoms. The first-order valence-electron chi connectivity index (χ1n) is 7.43. The number of hydrogen-bond donors (Lipinski definition) is 1. The monoisotopic (exact) mass is 305 g/mol. The van der Waals surface area contributed by atoms with Crippen molar-refractivity contribution in [2.75, 3.05) is 33.3 Å². The number of hydrogen-bond acceptors (Lipinski definition) is 4. The molecule has 0 saturated carbocycles. The van der Waals surface area contributed by atoms with Crippen molar-refractivity contribution in [2.45, 2.75) is 19.4 Å². The lowest BCUT2D eigenvalue weighted by Crippen LogP contribution is -2.59. The number of ether oxygens (including phenoxy) is 1. The van der Waals surface area contributed by atoms with Crippen molar-refractivity contribution in [1.29, 1.82) is 0 Å². The Hall–Kier alpha value is -2.08.